The largest absolute Gasteiger partial charge is 0.469 e. The van der Waals surface area contributed by atoms with E-state index in [-0.39, 0.29) is 5.97 Å². The first-order valence-electron chi connectivity index (χ1n) is 8.07. The van der Waals surface area contributed by atoms with Crippen LogP contribution < -0.4 is 0 Å². The van der Waals surface area contributed by atoms with Crippen molar-refractivity contribution in [1.82, 2.24) is 29.8 Å². The maximum absolute atomic E-state index is 11.3. The number of nitrogens with zero attached hydrogens (tertiary/aromatic N) is 5. The standard InChI is InChI=1S/C17H15ClN6O2/c1-26-14(25)4-2-3-13-20-16-12(9-19-22-16)17-21-15(23-24(13)17)10-5-7-11(18)8-6-10/h5-9H,2-4H2,1H3,(H,19,22). The fourth-order valence-electron chi connectivity index (χ4n) is 2.74. The molecule has 26 heavy (non-hydrogen) atoms. The average molecular weight is 371 g/mol. The van der Waals surface area contributed by atoms with E-state index < -0.39 is 0 Å². The van der Waals surface area contributed by atoms with Gasteiger partial charge < -0.3 is 4.74 Å². The molecule has 0 aliphatic rings. The Hall–Kier alpha value is -3.00. The Kier molecular flexibility index (Phi) is 4.26. The molecule has 0 aliphatic heterocycles. The van der Waals surface area contributed by atoms with Crippen LogP contribution in [-0.2, 0) is 16.0 Å². The number of esters is 1. The number of H-pyrrole nitrogens is 1. The monoisotopic (exact) mass is 370 g/mol. The maximum Gasteiger partial charge on any atom is 0.305 e. The van der Waals surface area contributed by atoms with Gasteiger partial charge in [0, 0.05) is 29.6 Å². The number of hydrogen-bond donors (Lipinski definition) is 1. The third-order valence-corrected chi connectivity index (χ3v) is 4.31. The van der Waals surface area contributed by atoms with E-state index in [2.05, 4.69) is 30.0 Å². The highest BCUT2D eigenvalue weighted by Gasteiger charge is 2.16. The predicted molar refractivity (Wildman–Crippen MR) is 95.8 cm³/mol. The Bertz CT molecular complexity index is 1090. The van der Waals surface area contributed by atoms with Gasteiger partial charge in [-0.2, -0.15) is 9.61 Å². The SMILES string of the molecule is COC(=O)CCCc1nc2n[nH]cc2c2nc(-c3ccc(Cl)cc3)nn12. The number of ether oxygens (including phenoxy) is 1. The van der Waals surface area contributed by atoms with Gasteiger partial charge in [0.15, 0.2) is 17.1 Å². The van der Waals surface area contributed by atoms with Gasteiger partial charge in [0.2, 0.25) is 0 Å². The summed E-state index contributed by atoms with van der Waals surface area (Å²) in [6.07, 6.45) is 3.21. The molecule has 3 aromatic heterocycles. The van der Waals surface area contributed by atoms with Gasteiger partial charge in [0.1, 0.15) is 5.82 Å². The van der Waals surface area contributed by atoms with Gasteiger partial charge in [-0.1, -0.05) is 11.6 Å². The van der Waals surface area contributed by atoms with E-state index in [1.165, 1.54) is 7.11 Å². The van der Waals surface area contributed by atoms with E-state index in [4.69, 9.17) is 11.6 Å². The minimum absolute atomic E-state index is 0.248. The van der Waals surface area contributed by atoms with Crippen molar-refractivity contribution in [3.8, 4) is 11.4 Å². The molecule has 0 atom stereocenters. The summed E-state index contributed by atoms with van der Waals surface area (Å²) < 4.78 is 6.39. The number of hydrogen-bond acceptors (Lipinski definition) is 6. The summed E-state index contributed by atoms with van der Waals surface area (Å²) in [5.41, 5.74) is 2.10. The average Bonchev–Trinajstić information content (AvgIpc) is 3.28. The molecule has 1 aromatic carbocycles. The van der Waals surface area contributed by atoms with E-state index in [0.29, 0.717) is 47.2 Å². The smallest absolute Gasteiger partial charge is 0.305 e. The Labute approximate surface area is 153 Å². The normalized spacial score (nSPS) is 11.3. The fraction of sp³-hybridized carbons (Fsp3) is 0.235. The quantitative estimate of drug-likeness (QED) is 0.542. The molecule has 4 aromatic rings. The highest BCUT2D eigenvalue weighted by molar-refractivity contribution is 6.30. The van der Waals surface area contributed by atoms with Gasteiger partial charge in [-0.15, -0.1) is 5.10 Å². The number of rotatable bonds is 5. The third-order valence-electron chi connectivity index (χ3n) is 4.06. The molecular formula is C17H15ClN6O2. The van der Waals surface area contributed by atoms with Crippen molar-refractivity contribution in [1.29, 1.82) is 0 Å². The van der Waals surface area contributed by atoms with Crippen molar-refractivity contribution in [3.05, 3.63) is 41.3 Å². The number of aromatic amines is 1. The lowest BCUT2D eigenvalue weighted by atomic mass is 10.2. The van der Waals surface area contributed by atoms with Crippen LogP contribution in [0, 0.1) is 0 Å². The second-order valence-corrected chi connectivity index (χ2v) is 6.19. The van der Waals surface area contributed by atoms with Gasteiger partial charge >= 0.3 is 5.97 Å². The Morgan fingerprint density at radius 1 is 1.27 bits per heavy atom. The summed E-state index contributed by atoms with van der Waals surface area (Å²) >= 11 is 5.96. The highest BCUT2D eigenvalue weighted by Crippen LogP contribution is 2.23. The highest BCUT2D eigenvalue weighted by atomic mass is 35.5. The minimum atomic E-state index is -0.248. The van der Waals surface area contributed by atoms with E-state index in [0.717, 1.165) is 10.9 Å². The first kappa shape index (κ1) is 16.5. The molecule has 132 valence electrons. The number of fused-ring (bicyclic) bond motifs is 3. The predicted octanol–water partition coefficient (Wildman–Crippen LogP) is 2.82. The molecule has 8 nitrogen and oxygen atoms in total. The second-order valence-electron chi connectivity index (χ2n) is 5.76. The summed E-state index contributed by atoms with van der Waals surface area (Å²) in [6, 6.07) is 7.33. The van der Waals surface area contributed by atoms with Crippen LogP contribution >= 0.6 is 11.6 Å². The molecule has 3 heterocycles. The minimum Gasteiger partial charge on any atom is -0.469 e. The maximum atomic E-state index is 11.3. The van der Waals surface area contributed by atoms with Crippen LogP contribution in [0.3, 0.4) is 0 Å². The van der Waals surface area contributed by atoms with Crippen molar-refractivity contribution >= 4 is 34.3 Å². The topological polar surface area (TPSA) is 98.1 Å². The van der Waals surface area contributed by atoms with Crippen LogP contribution in [0.2, 0.25) is 5.02 Å². The molecule has 0 radical (unpaired) electrons. The van der Waals surface area contributed by atoms with Crippen LogP contribution in [0.1, 0.15) is 18.7 Å². The lowest BCUT2D eigenvalue weighted by Crippen LogP contribution is -2.06. The van der Waals surface area contributed by atoms with E-state index >= 15 is 0 Å². The van der Waals surface area contributed by atoms with Crippen LogP contribution in [0.5, 0.6) is 0 Å². The second kappa shape index (κ2) is 6.72. The van der Waals surface area contributed by atoms with E-state index in [1.807, 2.05) is 12.1 Å². The third kappa shape index (κ3) is 2.99. The van der Waals surface area contributed by atoms with Crippen molar-refractivity contribution in [2.75, 3.05) is 7.11 Å². The fourth-order valence-corrected chi connectivity index (χ4v) is 2.87. The van der Waals surface area contributed by atoms with Crippen molar-refractivity contribution in [3.63, 3.8) is 0 Å². The van der Waals surface area contributed by atoms with Gasteiger partial charge in [0.05, 0.1) is 12.5 Å². The number of nitrogens with one attached hydrogen (secondary N) is 1. The Balaban J connectivity index is 1.77. The van der Waals surface area contributed by atoms with Crippen LogP contribution in [0.25, 0.3) is 28.1 Å². The Morgan fingerprint density at radius 2 is 2.08 bits per heavy atom. The molecule has 9 heteroatoms. The summed E-state index contributed by atoms with van der Waals surface area (Å²) in [7, 11) is 1.38. The van der Waals surface area contributed by atoms with Gasteiger partial charge in [-0.3, -0.25) is 9.89 Å². The molecule has 0 bridgehead atoms. The first-order chi connectivity index (χ1) is 12.7. The van der Waals surface area contributed by atoms with Gasteiger partial charge in [-0.05, 0) is 30.7 Å². The van der Waals surface area contributed by atoms with Gasteiger partial charge in [-0.25, -0.2) is 9.97 Å². The number of aryl methyl sites for hydroxylation is 1. The summed E-state index contributed by atoms with van der Waals surface area (Å²) in [6.45, 7) is 0. The zero-order chi connectivity index (χ0) is 18.1. The lowest BCUT2D eigenvalue weighted by molar-refractivity contribution is -0.140. The number of methoxy groups -OCH3 is 1. The van der Waals surface area contributed by atoms with Gasteiger partial charge in [0.25, 0.3) is 0 Å². The molecule has 0 unspecified atom stereocenters. The summed E-state index contributed by atoms with van der Waals surface area (Å²) in [5, 5.41) is 13.0. The molecule has 0 aliphatic carbocycles. The van der Waals surface area contributed by atoms with Crippen LogP contribution in [-0.4, -0.2) is 42.9 Å². The number of halogens is 1. The molecule has 0 saturated heterocycles. The van der Waals surface area contributed by atoms with Crippen molar-refractivity contribution < 1.29 is 9.53 Å². The molecule has 1 N–H and O–H groups in total. The van der Waals surface area contributed by atoms with Crippen molar-refractivity contribution in [2.45, 2.75) is 19.3 Å². The van der Waals surface area contributed by atoms with E-state index in [1.54, 1.807) is 22.8 Å². The van der Waals surface area contributed by atoms with Crippen LogP contribution in [0.4, 0.5) is 0 Å². The number of carbonyl (C=O) groups is 1. The summed E-state index contributed by atoms with van der Waals surface area (Å²) in [5.74, 6) is 1.02. The molecule has 0 amide bonds. The summed E-state index contributed by atoms with van der Waals surface area (Å²) in [4.78, 5) is 20.5. The van der Waals surface area contributed by atoms with Crippen molar-refractivity contribution in [2.24, 2.45) is 0 Å². The zero-order valence-corrected chi connectivity index (χ0v) is 14.7. The molecule has 0 spiro atoms. The molecule has 0 fully saturated rings. The number of benzene rings is 1. The lowest BCUT2D eigenvalue weighted by Gasteiger charge is -2.03. The first-order valence-corrected chi connectivity index (χ1v) is 8.45. The number of carbonyl (C=O) groups excluding carboxylic acids is 1. The van der Waals surface area contributed by atoms with Crippen LogP contribution in [0.15, 0.2) is 30.5 Å². The Morgan fingerprint density at radius 3 is 2.85 bits per heavy atom. The molecule has 0 saturated carbocycles. The van der Waals surface area contributed by atoms with E-state index in [9.17, 15) is 4.79 Å². The molecule has 4 rings (SSSR count). The molecular weight excluding hydrogens is 356 g/mol. The number of aromatic nitrogens is 6. The zero-order valence-electron chi connectivity index (χ0n) is 13.9.